The van der Waals surface area contributed by atoms with Crippen LogP contribution in [-0.2, 0) is 11.3 Å². The van der Waals surface area contributed by atoms with Crippen LogP contribution in [0, 0.1) is 0 Å². The number of hydrogen-bond donors (Lipinski definition) is 1. The summed E-state index contributed by atoms with van der Waals surface area (Å²) in [5.74, 6) is 0.896. The van der Waals surface area contributed by atoms with Crippen LogP contribution in [0.4, 0.5) is 0 Å². The summed E-state index contributed by atoms with van der Waals surface area (Å²) in [5, 5.41) is 13.5. The Kier molecular flexibility index (Phi) is 7.36. The fourth-order valence-corrected chi connectivity index (χ4v) is 5.21. The summed E-state index contributed by atoms with van der Waals surface area (Å²) < 4.78 is 13.8. The number of aromatic nitrogens is 1. The number of aromatic hydroxyl groups is 1. The van der Waals surface area contributed by atoms with Crippen LogP contribution < -0.4 is 4.74 Å². The maximum absolute atomic E-state index is 13.5. The van der Waals surface area contributed by atoms with Crippen molar-refractivity contribution in [1.29, 1.82) is 0 Å². The molecule has 0 bridgehead atoms. The number of esters is 1. The van der Waals surface area contributed by atoms with E-state index in [1.54, 1.807) is 12.1 Å². The molecule has 5 nitrogen and oxygen atoms in total. The molecule has 0 unspecified atom stereocenters. The minimum atomic E-state index is -0.369. The SMILES string of the molecule is CCOC(=O)c1c(-c2ccccc2C(C)C)c2cc(O)ccc2n1CCCOc1cccc2ccccc12. The summed E-state index contributed by atoms with van der Waals surface area (Å²) >= 11 is 0. The van der Waals surface area contributed by atoms with E-state index in [4.69, 9.17) is 9.47 Å². The maximum Gasteiger partial charge on any atom is 0.355 e. The smallest absolute Gasteiger partial charge is 0.355 e. The lowest BCUT2D eigenvalue weighted by molar-refractivity contribution is 0.0515. The van der Waals surface area contributed by atoms with Crippen LogP contribution in [0.15, 0.2) is 84.9 Å². The molecule has 0 saturated carbocycles. The van der Waals surface area contributed by atoms with Crippen molar-refractivity contribution in [3.05, 3.63) is 96.2 Å². The van der Waals surface area contributed by atoms with Gasteiger partial charge in [-0.15, -0.1) is 0 Å². The van der Waals surface area contributed by atoms with Gasteiger partial charge < -0.3 is 19.1 Å². The largest absolute Gasteiger partial charge is 0.508 e. The number of hydrogen-bond acceptors (Lipinski definition) is 4. The van der Waals surface area contributed by atoms with Crippen molar-refractivity contribution in [2.75, 3.05) is 13.2 Å². The highest BCUT2D eigenvalue weighted by Gasteiger charge is 2.27. The van der Waals surface area contributed by atoms with E-state index in [9.17, 15) is 9.90 Å². The van der Waals surface area contributed by atoms with E-state index in [0.717, 1.165) is 44.1 Å². The Morgan fingerprint density at radius 3 is 2.50 bits per heavy atom. The number of ether oxygens (including phenoxy) is 2. The molecular weight excluding hydrogens is 474 g/mol. The normalized spacial score (nSPS) is 11.4. The van der Waals surface area contributed by atoms with Crippen LogP contribution in [-0.4, -0.2) is 28.9 Å². The molecule has 4 aromatic carbocycles. The molecule has 1 heterocycles. The minimum Gasteiger partial charge on any atom is -0.508 e. The van der Waals surface area contributed by atoms with Crippen molar-refractivity contribution >= 4 is 27.6 Å². The summed E-state index contributed by atoms with van der Waals surface area (Å²) in [6.07, 6.45) is 0.686. The predicted molar refractivity (Wildman–Crippen MR) is 153 cm³/mol. The van der Waals surface area contributed by atoms with Gasteiger partial charge in [-0.05, 0) is 60.0 Å². The standard InChI is InChI=1S/C33H33NO4/c1-4-37-33(36)32-31(27-15-8-7-13-25(27)22(2)3)28-21-24(35)17-18-29(28)34(32)19-10-20-38-30-16-9-12-23-11-5-6-14-26(23)30/h5-9,11-18,21-22,35H,4,10,19-20H2,1-3H3. The van der Waals surface area contributed by atoms with Gasteiger partial charge in [-0.2, -0.15) is 0 Å². The fourth-order valence-electron chi connectivity index (χ4n) is 5.21. The Bertz CT molecular complexity index is 1590. The van der Waals surface area contributed by atoms with Crippen LogP contribution in [0.5, 0.6) is 11.5 Å². The predicted octanol–water partition coefficient (Wildman–Crippen LogP) is 7.94. The third-order valence-corrected chi connectivity index (χ3v) is 6.90. The summed E-state index contributed by atoms with van der Waals surface area (Å²) in [6.45, 7) is 7.43. The van der Waals surface area contributed by atoms with E-state index >= 15 is 0 Å². The van der Waals surface area contributed by atoms with Crippen molar-refractivity contribution in [3.63, 3.8) is 0 Å². The molecule has 0 fully saturated rings. The Morgan fingerprint density at radius 1 is 0.921 bits per heavy atom. The second-order valence-corrected chi connectivity index (χ2v) is 9.72. The highest BCUT2D eigenvalue weighted by molar-refractivity contribution is 6.09. The van der Waals surface area contributed by atoms with Gasteiger partial charge in [0.1, 0.15) is 17.2 Å². The second kappa shape index (κ2) is 11.0. The van der Waals surface area contributed by atoms with Crippen molar-refractivity contribution in [2.45, 2.75) is 39.7 Å². The topological polar surface area (TPSA) is 60.7 Å². The number of carbonyl (C=O) groups is 1. The van der Waals surface area contributed by atoms with E-state index in [1.807, 2.05) is 60.0 Å². The first-order valence-corrected chi connectivity index (χ1v) is 13.2. The van der Waals surface area contributed by atoms with E-state index in [1.165, 1.54) is 0 Å². The lowest BCUT2D eigenvalue weighted by Gasteiger charge is -2.15. The molecule has 0 saturated heterocycles. The Morgan fingerprint density at radius 2 is 1.68 bits per heavy atom. The molecule has 194 valence electrons. The lowest BCUT2D eigenvalue weighted by atomic mass is 9.91. The molecule has 0 aliphatic heterocycles. The minimum absolute atomic E-state index is 0.160. The van der Waals surface area contributed by atoms with Gasteiger partial charge in [-0.3, -0.25) is 0 Å². The van der Waals surface area contributed by atoms with Crippen molar-refractivity contribution in [3.8, 4) is 22.6 Å². The van der Waals surface area contributed by atoms with Gasteiger partial charge in [-0.25, -0.2) is 4.79 Å². The van der Waals surface area contributed by atoms with Crippen molar-refractivity contribution in [2.24, 2.45) is 0 Å². The van der Waals surface area contributed by atoms with E-state index < -0.39 is 0 Å². The number of fused-ring (bicyclic) bond motifs is 2. The first kappa shape index (κ1) is 25.4. The van der Waals surface area contributed by atoms with E-state index in [-0.39, 0.29) is 24.2 Å². The van der Waals surface area contributed by atoms with Gasteiger partial charge in [0.2, 0.25) is 0 Å². The third kappa shape index (κ3) is 4.84. The Labute approximate surface area is 223 Å². The first-order valence-electron chi connectivity index (χ1n) is 13.2. The van der Waals surface area contributed by atoms with Gasteiger partial charge in [0.05, 0.1) is 13.2 Å². The lowest BCUT2D eigenvalue weighted by Crippen LogP contribution is -2.15. The quantitative estimate of drug-likeness (QED) is 0.162. The first-order chi connectivity index (χ1) is 18.5. The number of aryl methyl sites for hydroxylation is 1. The Hall–Kier alpha value is -4.25. The number of rotatable bonds is 9. The second-order valence-electron chi connectivity index (χ2n) is 9.72. The molecule has 5 rings (SSSR count). The highest BCUT2D eigenvalue weighted by atomic mass is 16.5. The average molecular weight is 508 g/mol. The highest BCUT2D eigenvalue weighted by Crippen LogP contribution is 2.40. The zero-order chi connectivity index (χ0) is 26.6. The van der Waals surface area contributed by atoms with Crippen molar-refractivity contribution < 1.29 is 19.4 Å². The van der Waals surface area contributed by atoms with E-state index in [2.05, 4.69) is 38.1 Å². The zero-order valence-electron chi connectivity index (χ0n) is 22.1. The molecule has 5 heteroatoms. The molecule has 0 atom stereocenters. The van der Waals surface area contributed by atoms with Crippen LogP contribution >= 0.6 is 0 Å². The number of phenols is 1. The summed E-state index contributed by atoms with van der Waals surface area (Å²) in [4.78, 5) is 13.5. The molecule has 38 heavy (non-hydrogen) atoms. The third-order valence-electron chi connectivity index (χ3n) is 6.90. The van der Waals surface area contributed by atoms with Gasteiger partial charge in [-0.1, -0.05) is 74.5 Å². The molecule has 1 aromatic heterocycles. The molecule has 0 spiro atoms. The van der Waals surface area contributed by atoms with Gasteiger partial charge >= 0.3 is 5.97 Å². The zero-order valence-corrected chi connectivity index (χ0v) is 22.1. The molecule has 0 aliphatic rings. The molecule has 1 N–H and O–H groups in total. The number of phenolic OH excluding ortho intramolecular Hbond substituents is 1. The van der Waals surface area contributed by atoms with Gasteiger partial charge in [0.15, 0.2) is 0 Å². The Balaban J connectivity index is 1.55. The van der Waals surface area contributed by atoms with Gasteiger partial charge in [0.25, 0.3) is 0 Å². The summed E-state index contributed by atoms with van der Waals surface area (Å²) in [6, 6.07) is 27.7. The van der Waals surface area contributed by atoms with Crippen LogP contribution in [0.2, 0.25) is 0 Å². The molecule has 0 aliphatic carbocycles. The fraction of sp³-hybridized carbons (Fsp3) is 0.242. The number of nitrogens with zero attached hydrogens (tertiary/aromatic N) is 1. The summed E-state index contributed by atoms with van der Waals surface area (Å²) in [5.41, 5.74) is 4.30. The molecule has 0 radical (unpaired) electrons. The van der Waals surface area contributed by atoms with Crippen LogP contribution in [0.1, 0.15) is 49.2 Å². The van der Waals surface area contributed by atoms with Crippen LogP contribution in [0.25, 0.3) is 32.8 Å². The molecule has 0 amide bonds. The van der Waals surface area contributed by atoms with Gasteiger partial charge in [0, 0.05) is 28.4 Å². The summed E-state index contributed by atoms with van der Waals surface area (Å²) in [7, 11) is 0. The monoisotopic (exact) mass is 507 g/mol. The van der Waals surface area contributed by atoms with E-state index in [0.29, 0.717) is 25.3 Å². The number of benzene rings is 4. The average Bonchev–Trinajstić information content (AvgIpc) is 3.24. The number of carbonyl (C=O) groups excluding carboxylic acids is 1. The van der Waals surface area contributed by atoms with Crippen LogP contribution in [0.3, 0.4) is 0 Å². The molecule has 5 aromatic rings. The molecular formula is C33H33NO4. The maximum atomic E-state index is 13.5. The van der Waals surface area contributed by atoms with Crippen molar-refractivity contribution in [1.82, 2.24) is 4.57 Å².